The van der Waals surface area contributed by atoms with Gasteiger partial charge in [0, 0.05) is 12.0 Å². The first-order chi connectivity index (χ1) is 14.8. The summed E-state index contributed by atoms with van der Waals surface area (Å²) in [5.74, 6) is -0.415. The molecular formula is C21H23FN6O3. The number of ether oxygens (including phenoxy) is 1. The summed E-state index contributed by atoms with van der Waals surface area (Å²) in [5.41, 5.74) is 5.71. The number of tetrazole rings is 1. The molecule has 0 aliphatic rings. The molecule has 3 aromatic rings. The maximum atomic E-state index is 13.6. The largest absolute Gasteiger partial charge is 0.491 e. The zero-order valence-electron chi connectivity index (χ0n) is 17.4. The van der Waals surface area contributed by atoms with Crippen molar-refractivity contribution in [3.05, 3.63) is 71.3 Å². The van der Waals surface area contributed by atoms with Crippen LogP contribution in [-0.4, -0.2) is 38.1 Å². The van der Waals surface area contributed by atoms with Gasteiger partial charge in [-0.3, -0.25) is 20.4 Å². The smallest absolute Gasteiger partial charge is 0.269 e. The molecule has 10 heteroatoms. The van der Waals surface area contributed by atoms with Crippen LogP contribution in [0.4, 0.5) is 4.39 Å². The molecule has 0 saturated heterocycles. The minimum Gasteiger partial charge on any atom is -0.491 e. The Morgan fingerprint density at radius 2 is 1.87 bits per heavy atom. The Hall–Kier alpha value is -3.82. The molecule has 9 nitrogen and oxygen atoms in total. The van der Waals surface area contributed by atoms with Crippen LogP contribution >= 0.6 is 0 Å². The van der Waals surface area contributed by atoms with Gasteiger partial charge in [0.1, 0.15) is 23.4 Å². The number of benzene rings is 2. The maximum Gasteiger partial charge on any atom is 0.269 e. The number of aromatic nitrogens is 4. The highest BCUT2D eigenvalue weighted by Gasteiger charge is 2.25. The number of hydrogen-bond donors (Lipinski definition) is 2. The molecule has 2 amide bonds. The lowest BCUT2D eigenvalue weighted by Gasteiger charge is -2.18. The minimum atomic E-state index is -0.890. The molecule has 0 radical (unpaired) electrons. The van der Waals surface area contributed by atoms with E-state index in [2.05, 4.69) is 26.4 Å². The van der Waals surface area contributed by atoms with Gasteiger partial charge < -0.3 is 4.74 Å². The van der Waals surface area contributed by atoms with E-state index in [-0.39, 0.29) is 12.5 Å². The van der Waals surface area contributed by atoms with E-state index in [0.29, 0.717) is 22.7 Å². The van der Waals surface area contributed by atoms with Crippen molar-refractivity contribution in [2.24, 2.45) is 0 Å². The zero-order chi connectivity index (χ0) is 22.4. The maximum absolute atomic E-state index is 13.6. The van der Waals surface area contributed by atoms with E-state index in [0.717, 1.165) is 0 Å². The normalized spacial score (nSPS) is 11.8. The molecule has 0 saturated carbocycles. The van der Waals surface area contributed by atoms with E-state index < -0.39 is 23.7 Å². The van der Waals surface area contributed by atoms with Crippen molar-refractivity contribution in [2.75, 3.05) is 0 Å². The van der Waals surface area contributed by atoms with Crippen molar-refractivity contribution in [1.82, 2.24) is 31.1 Å². The van der Waals surface area contributed by atoms with E-state index >= 15 is 0 Å². The van der Waals surface area contributed by atoms with Crippen molar-refractivity contribution in [3.8, 4) is 5.75 Å². The van der Waals surface area contributed by atoms with Crippen LogP contribution in [0.1, 0.15) is 41.6 Å². The highest BCUT2D eigenvalue weighted by Crippen LogP contribution is 2.16. The van der Waals surface area contributed by atoms with Crippen LogP contribution in [-0.2, 0) is 11.2 Å². The van der Waals surface area contributed by atoms with Crippen molar-refractivity contribution >= 4 is 11.8 Å². The predicted molar refractivity (Wildman–Crippen MR) is 110 cm³/mol. The third-order valence-electron chi connectivity index (χ3n) is 4.36. The first kappa shape index (κ1) is 21.9. The van der Waals surface area contributed by atoms with Gasteiger partial charge in [0.05, 0.1) is 6.10 Å². The lowest BCUT2D eigenvalue weighted by molar-refractivity contribution is -0.125. The Labute approximate surface area is 178 Å². The summed E-state index contributed by atoms with van der Waals surface area (Å²) in [6.07, 6.45) is 0.149. The lowest BCUT2D eigenvalue weighted by atomic mass is 10.1. The van der Waals surface area contributed by atoms with Gasteiger partial charge >= 0.3 is 0 Å². The molecular weight excluding hydrogens is 403 g/mol. The van der Waals surface area contributed by atoms with Gasteiger partial charge in [0.25, 0.3) is 11.8 Å². The fraction of sp³-hybridized carbons (Fsp3) is 0.286. The Bertz CT molecular complexity index is 1050. The van der Waals surface area contributed by atoms with Crippen LogP contribution in [0.25, 0.3) is 0 Å². The second-order valence-corrected chi connectivity index (χ2v) is 7.15. The molecule has 0 unspecified atom stereocenters. The standard InChI is InChI=1S/C21H23FN6O3/c1-13(2)31-18-9-7-16(8-10-18)20(29)24-25-21(30)19(28-14(3)23-26-27-28)12-15-5-4-6-17(22)11-15/h4-11,13,19H,12H2,1-3H3,(H,24,29)(H,25,30)/t19-/m0/s1. The fourth-order valence-corrected chi connectivity index (χ4v) is 2.93. The van der Waals surface area contributed by atoms with Crippen molar-refractivity contribution in [3.63, 3.8) is 0 Å². The SMILES string of the molecule is Cc1nnnn1[C@@H](Cc1cccc(F)c1)C(=O)NNC(=O)c1ccc(OC(C)C)cc1. The first-order valence-electron chi connectivity index (χ1n) is 9.69. The molecule has 1 atom stereocenters. The summed E-state index contributed by atoms with van der Waals surface area (Å²) in [6.45, 7) is 5.46. The van der Waals surface area contributed by atoms with E-state index in [1.54, 1.807) is 43.3 Å². The minimum absolute atomic E-state index is 0.0173. The van der Waals surface area contributed by atoms with Gasteiger partial charge in [-0.1, -0.05) is 12.1 Å². The average Bonchev–Trinajstić information content (AvgIpc) is 3.15. The molecule has 0 aliphatic heterocycles. The lowest BCUT2D eigenvalue weighted by Crippen LogP contribution is -2.46. The summed E-state index contributed by atoms with van der Waals surface area (Å²) in [4.78, 5) is 25.2. The number of nitrogens with one attached hydrogen (secondary N) is 2. The van der Waals surface area contributed by atoms with Crippen molar-refractivity contribution in [2.45, 2.75) is 39.3 Å². The van der Waals surface area contributed by atoms with E-state index in [9.17, 15) is 14.0 Å². The fourth-order valence-electron chi connectivity index (χ4n) is 2.93. The summed E-state index contributed by atoms with van der Waals surface area (Å²) in [6, 6.07) is 11.5. The summed E-state index contributed by atoms with van der Waals surface area (Å²) < 4.78 is 20.4. The second kappa shape index (κ2) is 9.79. The Morgan fingerprint density at radius 1 is 1.13 bits per heavy atom. The summed E-state index contributed by atoms with van der Waals surface area (Å²) >= 11 is 0. The number of hydrogen-bond acceptors (Lipinski definition) is 6. The Kier molecular flexibility index (Phi) is 6.91. The summed E-state index contributed by atoms with van der Waals surface area (Å²) in [5, 5.41) is 11.2. The van der Waals surface area contributed by atoms with Gasteiger partial charge in [-0.05, 0) is 73.2 Å². The van der Waals surface area contributed by atoms with Gasteiger partial charge in [0.15, 0.2) is 0 Å². The van der Waals surface area contributed by atoms with E-state index in [1.165, 1.54) is 16.8 Å². The topological polar surface area (TPSA) is 111 Å². The van der Waals surface area contributed by atoms with Gasteiger partial charge in [-0.25, -0.2) is 9.07 Å². The monoisotopic (exact) mass is 426 g/mol. The zero-order valence-corrected chi connectivity index (χ0v) is 17.4. The number of halogens is 1. The molecule has 3 rings (SSSR count). The third kappa shape index (κ3) is 5.84. The summed E-state index contributed by atoms with van der Waals surface area (Å²) in [7, 11) is 0. The average molecular weight is 426 g/mol. The molecule has 0 fully saturated rings. The number of carbonyl (C=O) groups is 2. The van der Waals surface area contributed by atoms with Crippen molar-refractivity contribution in [1.29, 1.82) is 0 Å². The Morgan fingerprint density at radius 3 is 2.48 bits per heavy atom. The predicted octanol–water partition coefficient (Wildman–Crippen LogP) is 2.15. The molecule has 1 heterocycles. The molecule has 1 aromatic heterocycles. The van der Waals surface area contributed by atoms with Crippen LogP contribution < -0.4 is 15.6 Å². The van der Waals surface area contributed by atoms with Gasteiger partial charge in [-0.15, -0.1) is 5.10 Å². The number of hydrazine groups is 1. The quantitative estimate of drug-likeness (QED) is 0.560. The molecule has 2 N–H and O–H groups in total. The number of carbonyl (C=O) groups excluding carboxylic acids is 2. The van der Waals surface area contributed by atoms with Crippen LogP contribution in [0.5, 0.6) is 5.75 Å². The third-order valence-corrected chi connectivity index (χ3v) is 4.36. The molecule has 162 valence electrons. The van der Waals surface area contributed by atoms with Gasteiger partial charge in [-0.2, -0.15) is 0 Å². The number of aryl methyl sites for hydroxylation is 1. The van der Waals surface area contributed by atoms with E-state index in [1.807, 2.05) is 13.8 Å². The number of nitrogens with zero attached hydrogens (tertiary/aromatic N) is 4. The molecule has 0 spiro atoms. The number of rotatable bonds is 7. The van der Waals surface area contributed by atoms with Crippen LogP contribution in [0, 0.1) is 12.7 Å². The highest BCUT2D eigenvalue weighted by molar-refractivity contribution is 5.95. The second-order valence-electron chi connectivity index (χ2n) is 7.15. The van der Waals surface area contributed by atoms with Crippen LogP contribution in [0.15, 0.2) is 48.5 Å². The first-order valence-corrected chi connectivity index (χ1v) is 9.69. The molecule has 31 heavy (non-hydrogen) atoms. The van der Waals surface area contributed by atoms with Crippen LogP contribution in [0.2, 0.25) is 0 Å². The van der Waals surface area contributed by atoms with Crippen molar-refractivity contribution < 1.29 is 18.7 Å². The number of amides is 2. The highest BCUT2D eigenvalue weighted by atomic mass is 19.1. The molecule has 2 aromatic carbocycles. The Balaban J connectivity index is 1.68. The van der Waals surface area contributed by atoms with Gasteiger partial charge in [0.2, 0.25) is 0 Å². The molecule has 0 bridgehead atoms. The van der Waals surface area contributed by atoms with E-state index in [4.69, 9.17) is 4.74 Å². The molecule has 0 aliphatic carbocycles. The van der Waals surface area contributed by atoms with Crippen LogP contribution in [0.3, 0.4) is 0 Å².